The molecule has 280 valence electrons. The van der Waals surface area contributed by atoms with E-state index in [2.05, 4.69) is 10.6 Å². The van der Waals surface area contributed by atoms with Crippen LogP contribution < -0.4 is 15.4 Å². The Morgan fingerprint density at radius 2 is 1.25 bits per heavy atom. The van der Waals surface area contributed by atoms with Crippen LogP contribution >= 0.6 is 11.8 Å². The number of aliphatic hydroxyl groups excluding tert-OH is 1. The third-order valence-corrected chi connectivity index (χ3v) is 10.2. The number of aromatic nitrogens is 1. The number of nitrogens with one attached hydrogen (secondary N) is 2. The lowest BCUT2D eigenvalue weighted by Gasteiger charge is -2.36. The number of rotatable bonds is 12. The van der Waals surface area contributed by atoms with E-state index in [1.54, 1.807) is 24.3 Å². The number of hydrogen-bond acceptors (Lipinski definition) is 8. The van der Waals surface area contributed by atoms with E-state index in [1.807, 2.05) is 140 Å². The number of urea groups is 1. The van der Waals surface area contributed by atoms with Gasteiger partial charge in [0.25, 0.3) is 5.22 Å². The molecule has 0 saturated carbocycles. The molecule has 56 heavy (non-hydrogen) atoms. The molecule has 2 heterocycles. The van der Waals surface area contributed by atoms with E-state index in [4.69, 9.17) is 23.6 Å². The lowest BCUT2D eigenvalue weighted by atomic mass is 10.0. The molecule has 0 bridgehead atoms. The van der Waals surface area contributed by atoms with Gasteiger partial charge in [-0.3, -0.25) is 0 Å². The van der Waals surface area contributed by atoms with E-state index < -0.39 is 6.29 Å². The summed E-state index contributed by atoms with van der Waals surface area (Å²) in [7, 11) is 0. The minimum atomic E-state index is -0.666. The zero-order valence-electron chi connectivity index (χ0n) is 30.3. The lowest BCUT2D eigenvalue weighted by Crippen LogP contribution is -2.31. The highest BCUT2D eigenvalue weighted by molar-refractivity contribution is 7.99. The van der Waals surface area contributed by atoms with Crippen LogP contribution in [0.4, 0.5) is 16.2 Å². The first-order chi connectivity index (χ1) is 27.6. The Bertz CT molecular complexity index is 2270. The summed E-state index contributed by atoms with van der Waals surface area (Å²) < 4.78 is 25.4. The zero-order chi connectivity index (χ0) is 38.1. The second-order valence-electron chi connectivity index (χ2n) is 13.2. The van der Waals surface area contributed by atoms with Gasteiger partial charge in [0.2, 0.25) is 0 Å². The number of anilines is 2. The van der Waals surface area contributed by atoms with Gasteiger partial charge in [-0.1, -0.05) is 127 Å². The predicted molar refractivity (Wildman–Crippen MR) is 219 cm³/mol. The van der Waals surface area contributed by atoms with E-state index in [0.29, 0.717) is 34.5 Å². The molecule has 6 aromatic carbocycles. The maximum atomic E-state index is 12.9. The number of thioether (sulfide) groups is 1. The number of ether oxygens (including phenoxy) is 3. The van der Waals surface area contributed by atoms with Crippen LogP contribution in [0.1, 0.15) is 35.5 Å². The fraction of sp³-hybridized carbons (Fsp3) is 0.130. The van der Waals surface area contributed by atoms with E-state index in [0.717, 1.165) is 45.0 Å². The van der Waals surface area contributed by atoms with Gasteiger partial charge in [0.05, 0.1) is 18.8 Å². The van der Waals surface area contributed by atoms with Gasteiger partial charge in [0.15, 0.2) is 12.1 Å². The highest BCUT2D eigenvalue weighted by atomic mass is 32.2. The molecular weight excluding hydrogens is 723 g/mol. The summed E-state index contributed by atoms with van der Waals surface area (Å²) in [6, 6.07) is 51.6. The van der Waals surface area contributed by atoms with Crippen LogP contribution in [0.25, 0.3) is 22.6 Å². The van der Waals surface area contributed by atoms with Gasteiger partial charge in [-0.25, -0.2) is 9.78 Å². The maximum absolute atomic E-state index is 12.9. The Balaban J connectivity index is 0.946. The van der Waals surface area contributed by atoms with Gasteiger partial charge in [0, 0.05) is 40.2 Å². The fourth-order valence-corrected chi connectivity index (χ4v) is 7.22. The standard InChI is InChI=1S/C46H39N3O6S/c50-29-31-16-18-32(19-17-31)41-28-40(30-56-46-49-42(33-10-4-1-5-11-33)43(55-46)34-12-6-2-7-13-34)53-44(54-41)35-20-22-36(23-21-35)47-45(51)48-37-24-26-39(27-25-37)52-38-14-8-3-9-15-38/h1-27,40-41,44,50H,28-30H2,(H2,47,48,51)/t40-,41+,44+/m0/s1. The molecule has 1 saturated heterocycles. The Kier molecular flexibility index (Phi) is 11.5. The Morgan fingerprint density at radius 3 is 1.89 bits per heavy atom. The molecule has 1 aliphatic heterocycles. The largest absolute Gasteiger partial charge is 0.457 e. The van der Waals surface area contributed by atoms with Crippen molar-refractivity contribution < 1.29 is 28.5 Å². The Hall–Kier alpha value is -6.17. The summed E-state index contributed by atoms with van der Waals surface area (Å²) in [5.41, 5.74) is 6.61. The molecule has 0 aliphatic carbocycles. The highest BCUT2D eigenvalue weighted by Crippen LogP contribution is 2.41. The number of nitrogens with zero attached hydrogens (tertiary/aromatic N) is 1. The molecule has 0 spiro atoms. The topological polar surface area (TPSA) is 115 Å². The summed E-state index contributed by atoms with van der Waals surface area (Å²) in [6.45, 7) is -0.0305. The van der Waals surface area contributed by atoms with Gasteiger partial charge in [-0.15, -0.1) is 0 Å². The van der Waals surface area contributed by atoms with E-state index in [1.165, 1.54) is 11.8 Å². The third kappa shape index (κ3) is 9.19. The molecule has 0 unspecified atom stereocenters. The van der Waals surface area contributed by atoms with Crippen molar-refractivity contribution in [3.8, 4) is 34.1 Å². The fourth-order valence-electron chi connectivity index (χ4n) is 6.37. The van der Waals surface area contributed by atoms with Crippen molar-refractivity contribution in [2.24, 2.45) is 0 Å². The molecule has 9 nitrogen and oxygen atoms in total. The summed E-state index contributed by atoms with van der Waals surface area (Å²) >= 11 is 1.51. The lowest BCUT2D eigenvalue weighted by molar-refractivity contribution is -0.245. The normalized spacial score (nSPS) is 16.6. The monoisotopic (exact) mass is 761 g/mol. The first-order valence-corrected chi connectivity index (χ1v) is 19.3. The summed E-state index contributed by atoms with van der Waals surface area (Å²) in [5.74, 6) is 2.71. The number of benzene rings is 6. The van der Waals surface area contributed by atoms with Gasteiger partial charge in [0.1, 0.15) is 17.2 Å². The number of amides is 2. The highest BCUT2D eigenvalue weighted by Gasteiger charge is 2.33. The number of aliphatic hydroxyl groups is 1. The first kappa shape index (κ1) is 36.8. The van der Waals surface area contributed by atoms with Crippen molar-refractivity contribution in [2.45, 2.75) is 36.7 Å². The summed E-state index contributed by atoms with van der Waals surface area (Å²) in [4.78, 5) is 17.8. The molecule has 0 radical (unpaired) electrons. The van der Waals surface area contributed by atoms with Crippen LogP contribution in [0, 0.1) is 0 Å². The molecule has 1 aromatic heterocycles. The van der Waals surface area contributed by atoms with E-state index in [-0.39, 0.29) is 24.8 Å². The van der Waals surface area contributed by atoms with Crippen molar-refractivity contribution in [3.05, 3.63) is 180 Å². The zero-order valence-corrected chi connectivity index (χ0v) is 31.1. The molecule has 10 heteroatoms. The van der Waals surface area contributed by atoms with Gasteiger partial charge >= 0.3 is 6.03 Å². The molecule has 7 aromatic rings. The molecular formula is C46H39N3O6S. The van der Waals surface area contributed by atoms with Gasteiger partial charge < -0.3 is 34.4 Å². The molecule has 2 amide bonds. The number of oxazole rings is 1. The molecule has 1 aliphatic rings. The van der Waals surface area contributed by atoms with Crippen molar-refractivity contribution in [2.75, 3.05) is 16.4 Å². The van der Waals surface area contributed by atoms with Crippen LogP contribution in [0.3, 0.4) is 0 Å². The van der Waals surface area contributed by atoms with Crippen LogP contribution in [0.2, 0.25) is 0 Å². The number of carbonyl (C=O) groups is 1. The number of para-hydroxylation sites is 1. The van der Waals surface area contributed by atoms with Crippen LogP contribution in [0.5, 0.6) is 11.5 Å². The molecule has 3 N–H and O–H groups in total. The molecule has 1 fully saturated rings. The molecule has 8 rings (SSSR count). The molecule has 3 atom stereocenters. The number of hydrogen-bond donors (Lipinski definition) is 3. The van der Waals surface area contributed by atoms with E-state index >= 15 is 0 Å². The Morgan fingerprint density at radius 1 is 0.679 bits per heavy atom. The predicted octanol–water partition coefficient (Wildman–Crippen LogP) is 11.3. The minimum Gasteiger partial charge on any atom is -0.457 e. The number of carbonyl (C=O) groups excluding carboxylic acids is 1. The van der Waals surface area contributed by atoms with Crippen molar-refractivity contribution in [1.29, 1.82) is 0 Å². The third-order valence-electron chi connectivity index (χ3n) is 9.23. The van der Waals surface area contributed by atoms with Gasteiger partial charge in [-0.05, 0) is 59.7 Å². The van der Waals surface area contributed by atoms with Crippen LogP contribution in [-0.2, 0) is 16.1 Å². The average molecular weight is 762 g/mol. The van der Waals surface area contributed by atoms with Crippen molar-refractivity contribution >= 4 is 29.2 Å². The average Bonchev–Trinajstić information content (AvgIpc) is 3.69. The van der Waals surface area contributed by atoms with E-state index in [9.17, 15) is 9.90 Å². The second kappa shape index (κ2) is 17.5. The summed E-state index contributed by atoms with van der Waals surface area (Å²) in [5, 5.41) is 15.9. The smallest absolute Gasteiger partial charge is 0.323 e. The van der Waals surface area contributed by atoms with Crippen molar-refractivity contribution in [3.63, 3.8) is 0 Å². The van der Waals surface area contributed by atoms with Crippen LogP contribution in [0.15, 0.2) is 173 Å². The maximum Gasteiger partial charge on any atom is 0.323 e. The second-order valence-corrected chi connectivity index (χ2v) is 14.2. The summed E-state index contributed by atoms with van der Waals surface area (Å²) in [6.07, 6.45) is -0.523. The Labute approximate surface area is 329 Å². The SMILES string of the molecule is O=C(Nc1ccc(Oc2ccccc2)cc1)Nc1ccc([C@@H]2O[C@H](CSc3nc(-c4ccccc4)c(-c4ccccc4)o3)C[C@H](c3ccc(CO)cc3)O2)cc1. The van der Waals surface area contributed by atoms with Crippen LogP contribution in [-0.4, -0.2) is 28.0 Å². The van der Waals surface area contributed by atoms with Gasteiger partial charge in [-0.2, -0.15) is 0 Å². The van der Waals surface area contributed by atoms with Crippen molar-refractivity contribution in [1.82, 2.24) is 4.98 Å². The quantitative estimate of drug-likeness (QED) is 0.105. The minimum absolute atomic E-state index is 0.0305. The first-order valence-electron chi connectivity index (χ1n) is 18.3.